The fourth-order valence-corrected chi connectivity index (χ4v) is 2.60. The van der Waals surface area contributed by atoms with Crippen molar-refractivity contribution in [3.63, 3.8) is 0 Å². The van der Waals surface area contributed by atoms with E-state index in [0.29, 0.717) is 6.42 Å². The third kappa shape index (κ3) is 4.27. The maximum absolute atomic E-state index is 13.5. The summed E-state index contributed by atoms with van der Waals surface area (Å²) in [6, 6.07) is 25.9. The highest BCUT2D eigenvalue weighted by atomic mass is 19.1. The van der Waals surface area contributed by atoms with Crippen molar-refractivity contribution in [2.75, 3.05) is 6.54 Å². The molecule has 0 amide bonds. The molecule has 2 heteroatoms. The van der Waals surface area contributed by atoms with Crippen molar-refractivity contribution in [1.29, 1.82) is 0 Å². The summed E-state index contributed by atoms with van der Waals surface area (Å²) in [7, 11) is 0. The monoisotopic (exact) mass is 305 g/mol. The molecule has 0 bridgehead atoms. The van der Waals surface area contributed by atoms with Gasteiger partial charge in [-0.15, -0.1) is 0 Å². The molecule has 0 aliphatic carbocycles. The van der Waals surface area contributed by atoms with Gasteiger partial charge in [-0.25, -0.2) is 4.39 Å². The lowest BCUT2D eigenvalue weighted by Crippen LogP contribution is -2.17. The summed E-state index contributed by atoms with van der Waals surface area (Å²) in [4.78, 5) is 0. The molecule has 1 nitrogen and oxygen atoms in total. The predicted octanol–water partition coefficient (Wildman–Crippen LogP) is 4.83. The first-order valence-corrected chi connectivity index (χ1v) is 7.91. The van der Waals surface area contributed by atoms with E-state index in [1.807, 2.05) is 30.3 Å². The minimum absolute atomic E-state index is 0.124. The molecule has 0 saturated carbocycles. The summed E-state index contributed by atoms with van der Waals surface area (Å²) in [6.45, 7) is 1.56. The SMILES string of the molecule is Fc1ccccc1CCNCc1ccc(-c2ccccc2)cc1. The van der Waals surface area contributed by atoms with Crippen LogP contribution in [0.15, 0.2) is 78.9 Å². The van der Waals surface area contributed by atoms with Crippen molar-refractivity contribution in [3.05, 3.63) is 95.8 Å². The molecule has 0 spiro atoms. The molecule has 0 aliphatic rings. The van der Waals surface area contributed by atoms with E-state index < -0.39 is 0 Å². The highest BCUT2D eigenvalue weighted by molar-refractivity contribution is 5.63. The van der Waals surface area contributed by atoms with E-state index in [1.165, 1.54) is 22.8 Å². The molecule has 3 aromatic carbocycles. The summed E-state index contributed by atoms with van der Waals surface area (Å²) < 4.78 is 13.5. The molecule has 0 atom stereocenters. The molecule has 0 unspecified atom stereocenters. The van der Waals surface area contributed by atoms with Crippen molar-refractivity contribution in [2.24, 2.45) is 0 Å². The summed E-state index contributed by atoms with van der Waals surface area (Å²) in [6.07, 6.45) is 0.703. The Bertz CT molecular complexity index is 735. The second-order valence-corrected chi connectivity index (χ2v) is 5.58. The maximum atomic E-state index is 13.5. The lowest BCUT2D eigenvalue weighted by Gasteiger charge is -2.07. The average Bonchev–Trinajstić information content (AvgIpc) is 2.61. The van der Waals surface area contributed by atoms with Crippen LogP contribution in [0.4, 0.5) is 4.39 Å². The molecule has 3 rings (SSSR count). The Balaban J connectivity index is 1.50. The molecule has 0 fully saturated rings. The van der Waals surface area contributed by atoms with Crippen LogP contribution < -0.4 is 5.32 Å². The van der Waals surface area contributed by atoms with Crippen LogP contribution in [0.3, 0.4) is 0 Å². The van der Waals surface area contributed by atoms with Crippen molar-refractivity contribution in [1.82, 2.24) is 5.32 Å². The van der Waals surface area contributed by atoms with Crippen molar-refractivity contribution in [2.45, 2.75) is 13.0 Å². The Morgan fingerprint density at radius 1 is 0.696 bits per heavy atom. The van der Waals surface area contributed by atoms with Crippen LogP contribution in [0.1, 0.15) is 11.1 Å². The van der Waals surface area contributed by atoms with Gasteiger partial charge in [-0.05, 0) is 41.3 Å². The Morgan fingerprint density at radius 3 is 2.09 bits per heavy atom. The number of hydrogen-bond acceptors (Lipinski definition) is 1. The van der Waals surface area contributed by atoms with Gasteiger partial charge in [0.15, 0.2) is 0 Å². The zero-order valence-corrected chi connectivity index (χ0v) is 13.0. The van der Waals surface area contributed by atoms with Gasteiger partial charge in [-0.3, -0.25) is 0 Å². The molecule has 0 radical (unpaired) electrons. The van der Waals surface area contributed by atoms with Gasteiger partial charge >= 0.3 is 0 Å². The van der Waals surface area contributed by atoms with Crippen LogP contribution in [-0.2, 0) is 13.0 Å². The van der Waals surface area contributed by atoms with Gasteiger partial charge in [-0.1, -0.05) is 72.8 Å². The number of hydrogen-bond donors (Lipinski definition) is 1. The summed E-state index contributed by atoms with van der Waals surface area (Å²) in [5.74, 6) is -0.124. The summed E-state index contributed by atoms with van der Waals surface area (Å²) in [5.41, 5.74) is 4.45. The number of halogens is 1. The standard InChI is InChI=1S/C21H20FN/c22-21-9-5-4-8-20(21)14-15-23-16-17-10-12-19(13-11-17)18-6-2-1-3-7-18/h1-13,23H,14-16H2. The average molecular weight is 305 g/mol. The first kappa shape index (κ1) is 15.4. The zero-order chi connectivity index (χ0) is 15.9. The molecular weight excluding hydrogens is 285 g/mol. The lowest BCUT2D eigenvalue weighted by molar-refractivity contribution is 0.598. The van der Waals surface area contributed by atoms with Crippen LogP contribution >= 0.6 is 0 Å². The lowest BCUT2D eigenvalue weighted by atomic mass is 10.0. The molecular formula is C21H20FN. The van der Waals surface area contributed by atoms with Crippen LogP contribution in [0.25, 0.3) is 11.1 Å². The van der Waals surface area contributed by atoms with E-state index in [0.717, 1.165) is 18.7 Å². The molecule has 0 aliphatic heterocycles. The molecule has 23 heavy (non-hydrogen) atoms. The maximum Gasteiger partial charge on any atom is 0.126 e. The van der Waals surface area contributed by atoms with E-state index in [9.17, 15) is 4.39 Å². The number of benzene rings is 3. The first-order valence-electron chi connectivity index (χ1n) is 7.91. The zero-order valence-electron chi connectivity index (χ0n) is 13.0. The van der Waals surface area contributed by atoms with Crippen LogP contribution in [0, 0.1) is 5.82 Å². The molecule has 3 aromatic rings. The Morgan fingerprint density at radius 2 is 1.35 bits per heavy atom. The van der Waals surface area contributed by atoms with Gasteiger partial charge in [0, 0.05) is 6.54 Å². The van der Waals surface area contributed by atoms with Gasteiger partial charge in [-0.2, -0.15) is 0 Å². The van der Waals surface area contributed by atoms with Crippen LogP contribution in [0.2, 0.25) is 0 Å². The van der Waals surface area contributed by atoms with E-state index in [4.69, 9.17) is 0 Å². The number of rotatable bonds is 6. The summed E-state index contributed by atoms with van der Waals surface area (Å²) in [5, 5.41) is 3.37. The highest BCUT2D eigenvalue weighted by Gasteiger charge is 2.00. The summed E-state index contributed by atoms with van der Waals surface area (Å²) >= 11 is 0. The minimum atomic E-state index is -0.124. The quantitative estimate of drug-likeness (QED) is 0.643. The van der Waals surface area contributed by atoms with Crippen LogP contribution in [-0.4, -0.2) is 6.54 Å². The smallest absolute Gasteiger partial charge is 0.126 e. The van der Waals surface area contributed by atoms with Gasteiger partial charge in [0.25, 0.3) is 0 Å². The third-order valence-electron chi connectivity index (χ3n) is 3.92. The normalized spacial score (nSPS) is 10.7. The second-order valence-electron chi connectivity index (χ2n) is 5.58. The van der Waals surface area contributed by atoms with Crippen molar-refractivity contribution >= 4 is 0 Å². The molecule has 0 saturated heterocycles. The fourth-order valence-electron chi connectivity index (χ4n) is 2.60. The topological polar surface area (TPSA) is 12.0 Å². The molecule has 1 N–H and O–H groups in total. The third-order valence-corrected chi connectivity index (χ3v) is 3.92. The van der Waals surface area contributed by atoms with E-state index in [2.05, 4.69) is 41.7 Å². The fraction of sp³-hybridized carbons (Fsp3) is 0.143. The van der Waals surface area contributed by atoms with Gasteiger partial charge in [0.05, 0.1) is 0 Å². The Labute approximate surface area is 136 Å². The second kappa shape index (κ2) is 7.70. The Kier molecular flexibility index (Phi) is 5.17. The van der Waals surface area contributed by atoms with Crippen LogP contribution in [0.5, 0.6) is 0 Å². The van der Waals surface area contributed by atoms with E-state index in [-0.39, 0.29) is 5.82 Å². The Hall–Kier alpha value is -2.45. The highest BCUT2D eigenvalue weighted by Crippen LogP contribution is 2.19. The number of nitrogens with one attached hydrogen (secondary N) is 1. The van der Waals surface area contributed by atoms with Gasteiger partial charge in [0.1, 0.15) is 5.82 Å². The molecule has 0 heterocycles. The molecule has 116 valence electrons. The van der Waals surface area contributed by atoms with E-state index >= 15 is 0 Å². The van der Waals surface area contributed by atoms with Gasteiger partial charge < -0.3 is 5.32 Å². The molecule has 0 aromatic heterocycles. The van der Waals surface area contributed by atoms with Crippen molar-refractivity contribution in [3.8, 4) is 11.1 Å². The van der Waals surface area contributed by atoms with Gasteiger partial charge in [0.2, 0.25) is 0 Å². The van der Waals surface area contributed by atoms with Crippen molar-refractivity contribution < 1.29 is 4.39 Å². The predicted molar refractivity (Wildman–Crippen MR) is 93.7 cm³/mol. The minimum Gasteiger partial charge on any atom is -0.312 e. The first-order chi connectivity index (χ1) is 11.3. The largest absolute Gasteiger partial charge is 0.312 e. The van der Waals surface area contributed by atoms with E-state index in [1.54, 1.807) is 6.07 Å².